The van der Waals surface area contributed by atoms with Crippen molar-refractivity contribution < 1.29 is 19.4 Å². The minimum atomic E-state index is -1.26. The maximum Gasteiger partial charge on any atom is 0.231 e. The van der Waals surface area contributed by atoms with Crippen LogP contribution in [0.25, 0.3) is 0 Å². The Morgan fingerprint density at radius 3 is 2.52 bits per heavy atom. The monoisotopic (exact) mass is 312 g/mol. The molecule has 0 bridgehead atoms. The summed E-state index contributed by atoms with van der Waals surface area (Å²) >= 11 is 0. The zero-order valence-corrected chi connectivity index (χ0v) is 12.0. The number of nitrogens with one attached hydrogen (secondary N) is 2. The lowest BCUT2D eigenvalue weighted by Crippen LogP contribution is -2.34. The molecule has 2 aromatic rings. The first-order chi connectivity index (χ1) is 11.0. The predicted octanol–water partition coefficient (Wildman–Crippen LogP) is 0.602. The van der Waals surface area contributed by atoms with Crippen LogP contribution in [-0.2, 0) is 4.79 Å². The zero-order chi connectivity index (χ0) is 16.4. The number of carboxylic acids is 1. The Kier molecular flexibility index (Phi) is 3.76. The van der Waals surface area contributed by atoms with Crippen LogP contribution in [0.2, 0.25) is 0 Å². The molecule has 0 fully saturated rings. The third kappa shape index (κ3) is 3.03. The molecule has 7 heteroatoms. The zero-order valence-electron chi connectivity index (χ0n) is 12.0. The molecule has 1 heterocycles. The van der Waals surface area contributed by atoms with Gasteiger partial charge < -0.3 is 30.4 Å². The fraction of sp³-hybridized carbons (Fsp3) is 0.125. The number of fused-ring (bicyclic) bond motifs is 1. The van der Waals surface area contributed by atoms with Crippen LogP contribution in [-0.4, -0.2) is 18.6 Å². The fourth-order valence-corrected chi connectivity index (χ4v) is 2.28. The van der Waals surface area contributed by atoms with Crippen molar-refractivity contribution in [3.63, 3.8) is 0 Å². The summed E-state index contributed by atoms with van der Waals surface area (Å²) in [4.78, 5) is 11.5. The third-order valence-electron chi connectivity index (χ3n) is 3.47. The molecule has 0 spiro atoms. The highest BCUT2D eigenvalue weighted by Crippen LogP contribution is 2.34. The lowest BCUT2D eigenvalue weighted by molar-refractivity contribution is -0.307. The summed E-state index contributed by atoms with van der Waals surface area (Å²) in [5, 5.41) is 21.7. The SMILES string of the molecule is N=C(N)c1ccc(NC(C(=O)[O-])c2ccc3c(c2)OCO3)cc1. The smallest absolute Gasteiger partial charge is 0.231 e. The highest BCUT2D eigenvalue weighted by molar-refractivity contribution is 5.95. The van der Waals surface area contributed by atoms with Gasteiger partial charge in [-0.25, -0.2) is 0 Å². The van der Waals surface area contributed by atoms with Gasteiger partial charge in [0.05, 0.1) is 12.0 Å². The number of nitrogen functional groups attached to an aromatic ring is 1. The van der Waals surface area contributed by atoms with E-state index in [1.165, 1.54) is 0 Å². The first-order valence-corrected chi connectivity index (χ1v) is 6.86. The molecule has 7 nitrogen and oxygen atoms in total. The van der Waals surface area contributed by atoms with Gasteiger partial charge in [0.1, 0.15) is 5.84 Å². The Hall–Kier alpha value is -3.22. The van der Waals surface area contributed by atoms with E-state index >= 15 is 0 Å². The summed E-state index contributed by atoms with van der Waals surface area (Å²) in [5.41, 5.74) is 7.01. The highest BCUT2D eigenvalue weighted by Gasteiger charge is 2.19. The van der Waals surface area contributed by atoms with E-state index in [1.807, 2.05) is 0 Å². The van der Waals surface area contributed by atoms with Gasteiger partial charge in [0.2, 0.25) is 6.79 Å². The van der Waals surface area contributed by atoms with E-state index in [0.717, 1.165) is 0 Å². The minimum Gasteiger partial charge on any atom is -0.548 e. The van der Waals surface area contributed by atoms with E-state index in [-0.39, 0.29) is 12.6 Å². The van der Waals surface area contributed by atoms with Crippen LogP contribution in [0.4, 0.5) is 5.69 Å². The highest BCUT2D eigenvalue weighted by atomic mass is 16.7. The van der Waals surface area contributed by atoms with Gasteiger partial charge in [0, 0.05) is 11.3 Å². The summed E-state index contributed by atoms with van der Waals surface area (Å²) in [6.07, 6.45) is 0. The third-order valence-corrected chi connectivity index (χ3v) is 3.47. The Morgan fingerprint density at radius 1 is 1.17 bits per heavy atom. The maximum atomic E-state index is 11.5. The van der Waals surface area contributed by atoms with Crippen molar-refractivity contribution >= 4 is 17.5 Å². The topological polar surface area (TPSA) is 120 Å². The number of ether oxygens (including phenoxy) is 2. The van der Waals surface area contributed by atoms with Crippen LogP contribution < -0.4 is 25.6 Å². The summed E-state index contributed by atoms with van der Waals surface area (Å²) in [6.45, 7) is 0.120. The average molecular weight is 312 g/mol. The minimum absolute atomic E-state index is 0.0521. The molecule has 0 aromatic heterocycles. The van der Waals surface area contributed by atoms with E-state index in [0.29, 0.717) is 28.3 Å². The molecule has 0 saturated heterocycles. The molecule has 1 unspecified atom stereocenters. The standard InChI is InChI=1S/C16H15N3O4/c17-15(18)9-1-4-11(5-2-9)19-14(16(20)21)10-3-6-12-13(7-10)23-8-22-12/h1-7,14,19H,8H2,(H3,17,18)(H,20,21)/p-1. The van der Waals surface area contributed by atoms with Crippen molar-refractivity contribution in [1.29, 1.82) is 5.41 Å². The molecule has 0 amide bonds. The summed E-state index contributed by atoms with van der Waals surface area (Å²) in [7, 11) is 0. The predicted molar refractivity (Wildman–Crippen MR) is 81.4 cm³/mol. The van der Waals surface area contributed by atoms with Gasteiger partial charge >= 0.3 is 0 Å². The largest absolute Gasteiger partial charge is 0.548 e. The average Bonchev–Trinajstić information content (AvgIpc) is 3.00. The lowest BCUT2D eigenvalue weighted by Gasteiger charge is -2.21. The van der Waals surface area contributed by atoms with Crippen LogP contribution in [0.3, 0.4) is 0 Å². The molecule has 1 aliphatic heterocycles. The van der Waals surface area contributed by atoms with E-state index < -0.39 is 12.0 Å². The van der Waals surface area contributed by atoms with Gasteiger partial charge in [-0.3, -0.25) is 5.41 Å². The van der Waals surface area contributed by atoms with Gasteiger partial charge in [0.15, 0.2) is 11.5 Å². The van der Waals surface area contributed by atoms with Crippen molar-refractivity contribution in [2.75, 3.05) is 12.1 Å². The van der Waals surface area contributed by atoms with Crippen LogP contribution >= 0.6 is 0 Å². The molecule has 0 radical (unpaired) electrons. The number of benzene rings is 2. The van der Waals surface area contributed by atoms with E-state index in [1.54, 1.807) is 42.5 Å². The van der Waals surface area contributed by atoms with E-state index in [2.05, 4.69) is 5.32 Å². The molecule has 3 rings (SSSR count). The van der Waals surface area contributed by atoms with E-state index in [9.17, 15) is 9.90 Å². The second-order valence-electron chi connectivity index (χ2n) is 5.00. The molecular weight excluding hydrogens is 298 g/mol. The molecular formula is C16H14N3O4-. The van der Waals surface area contributed by atoms with Crippen molar-refractivity contribution in [3.05, 3.63) is 53.6 Å². The molecule has 23 heavy (non-hydrogen) atoms. The molecule has 1 aliphatic rings. The Morgan fingerprint density at radius 2 is 1.87 bits per heavy atom. The van der Waals surface area contributed by atoms with Crippen LogP contribution in [0.5, 0.6) is 11.5 Å². The number of rotatable bonds is 5. The number of aliphatic carboxylic acids is 1. The Balaban J connectivity index is 1.84. The van der Waals surface area contributed by atoms with Crippen molar-refractivity contribution in [1.82, 2.24) is 0 Å². The molecule has 2 aromatic carbocycles. The van der Waals surface area contributed by atoms with Crippen molar-refractivity contribution in [3.8, 4) is 11.5 Å². The summed E-state index contributed by atoms with van der Waals surface area (Å²) in [5.74, 6) is -0.234. The number of nitrogens with two attached hydrogens (primary N) is 1. The number of hydrogen-bond donors (Lipinski definition) is 3. The molecule has 0 aliphatic carbocycles. The molecule has 1 atom stereocenters. The van der Waals surface area contributed by atoms with E-state index in [4.69, 9.17) is 20.6 Å². The van der Waals surface area contributed by atoms with Crippen molar-refractivity contribution in [2.24, 2.45) is 5.73 Å². The van der Waals surface area contributed by atoms with Crippen LogP contribution in [0.15, 0.2) is 42.5 Å². The van der Waals surface area contributed by atoms with Crippen molar-refractivity contribution in [2.45, 2.75) is 6.04 Å². The summed E-state index contributed by atoms with van der Waals surface area (Å²) in [6, 6.07) is 10.4. The fourth-order valence-electron chi connectivity index (χ4n) is 2.28. The summed E-state index contributed by atoms with van der Waals surface area (Å²) < 4.78 is 10.5. The number of hydrogen-bond acceptors (Lipinski definition) is 6. The number of carbonyl (C=O) groups excluding carboxylic acids is 1. The maximum absolute atomic E-state index is 11.5. The molecule has 118 valence electrons. The van der Waals surface area contributed by atoms with Crippen LogP contribution in [0.1, 0.15) is 17.2 Å². The second-order valence-corrected chi connectivity index (χ2v) is 5.00. The molecule has 4 N–H and O–H groups in total. The van der Waals surface area contributed by atoms with Gasteiger partial charge in [-0.15, -0.1) is 0 Å². The Labute approximate surface area is 132 Å². The number of amidine groups is 1. The lowest BCUT2D eigenvalue weighted by atomic mass is 10.1. The second kappa shape index (κ2) is 5.88. The number of carboxylic acid groups (broad SMARTS) is 1. The number of anilines is 1. The quantitative estimate of drug-likeness (QED) is 0.549. The van der Waals surface area contributed by atoms with Crippen LogP contribution in [0, 0.1) is 5.41 Å². The normalized spacial score (nSPS) is 13.4. The van der Waals surface area contributed by atoms with Gasteiger partial charge in [-0.05, 0) is 42.0 Å². The molecule has 0 saturated carbocycles. The first-order valence-electron chi connectivity index (χ1n) is 6.86. The first kappa shape index (κ1) is 14.7. The van der Waals surface area contributed by atoms with Gasteiger partial charge in [0.25, 0.3) is 0 Å². The Bertz CT molecular complexity index is 758. The van der Waals surface area contributed by atoms with Gasteiger partial charge in [-0.1, -0.05) is 6.07 Å². The van der Waals surface area contributed by atoms with Gasteiger partial charge in [-0.2, -0.15) is 0 Å². The number of carbonyl (C=O) groups is 1.